The topological polar surface area (TPSA) is 0 Å². The Morgan fingerprint density at radius 1 is 1.38 bits per heavy atom. The molecule has 0 aliphatic rings. The van der Waals surface area contributed by atoms with Gasteiger partial charge in [-0.25, -0.2) is 0 Å². The molecule has 74 valence electrons. The van der Waals surface area contributed by atoms with Gasteiger partial charge < -0.3 is 0 Å². The van der Waals surface area contributed by atoms with Gasteiger partial charge in [0.1, 0.15) is 0 Å². The zero-order chi connectivity index (χ0) is 9.52. The fraction of sp³-hybridized carbons (Fsp3) is 0.600. The molecule has 0 aliphatic heterocycles. The third kappa shape index (κ3) is 4.52. The molecule has 1 heterocycles. The van der Waals surface area contributed by atoms with Crippen LogP contribution in [0.4, 0.5) is 0 Å². The van der Waals surface area contributed by atoms with Crippen molar-refractivity contribution >= 4 is 39.0 Å². The van der Waals surface area contributed by atoms with Crippen LogP contribution in [0, 0.1) is 0 Å². The Labute approximate surface area is 97.3 Å². The summed E-state index contributed by atoms with van der Waals surface area (Å²) in [7, 11) is 0. The van der Waals surface area contributed by atoms with E-state index in [4.69, 9.17) is 0 Å². The van der Waals surface area contributed by atoms with Crippen molar-refractivity contribution in [2.24, 2.45) is 0 Å². The molecule has 0 aliphatic carbocycles. The van der Waals surface area contributed by atoms with Crippen molar-refractivity contribution in [1.29, 1.82) is 0 Å². The van der Waals surface area contributed by atoms with Gasteiger partial charge >= 0.3 is 0 Å². The second kappa shape index (κ2) is 6.91. The van der Waals surface area contributed by atoms with Crippen LogP contribution in [-0.4, -0.2) is 5.75 Å². The van der Waals surface area contributed by atoms with Gasteiger partial charge in [-0.05, 0) is 39.6 Å². The Bertz CT molecular complexity index is 233. The van der Waals surface area contributed by atoms with Crippen LogP contribution in [-0.2, 0) is 0 Å². The number of unbranched alkanes of at least 4 members (excludes halogenated alkanes) is 3. The molecular weight excluding hydrogens is 264 g/mol. The van der Waals surface area contributed by atoms with Crippen LogP contribution in [0.5, 0.6) is 0 Å². The molecular formula is C10H15BrS2. The maximum Gasteiger partial charge on any atom is 0.0834 e. The van der Waals surface area contributed by atoms with Crippen molar-refractivity contribution in [2.45, 2.75) is 37.5 Å². The van der Waals surface area contributed by atoms with E-state index in [0.29, 0.717) is 0 Å². The smallest absolute Gasteiger partial charge is 0.0834 e. The van der Waals surface area contributed by atoms with E-state index in [2.05, 4.69) is 34.3 Å². The molecule has 0 saturated heterocycles. The molecule has 13 heavy (non-hydrogen) atoms. The number of rotatable bonds is 6. The van der Waals surface area contributed by atoms with E-state index < -0.39 is 0 Å². The highest BCUT2D eigenvalue weighted by Gasteiger charge is 2.00. The van der Waals surface area contributed by atoms with Crippen LogP contribution in [0.25, 0.3) is 0 Å². The number of thioether (sulfide) groups is 1. The zero-order valence-corrected chi connectivity index (χ0v) is 11.1. The lowest BCUT2D eigenvalue weighted by atomic mass is 10.2. The lowest BCUT2D eigenvalue weighted by Gasteiger charge is -1.99. The van der Waals surface area contributed by atoms with Gasteiger partial charge in [0.15, 0.2) is 0 Å². The van der Waals surface area contributed by atoms with E-state index >= 15 is 0 Å². The summed E-state index contributed by atoms with van der Waals surface area (Å²) in [6, 6.07) is 2.19. The Morgan fingerprint density at radius 3 is 2.85 bits per heavy atom. The Kier molecular flexibility index (Phi) is 6.16. The monoisotopic (exact) mass is 278 g/mol. The van der Waals surface area contributed by atoms with Crippen molar-refractivity contribution < 1.29 is 0 Å². The van der Waals surface area contributed by atoms with Gasteiger partial charge in [0.25, 0.3) is 0 Å². The van der Waals surface area contributed by atoms with Crippen LogP contribution >= 0.6 is 39.0 Å². The van der Waals surface area contributed by atoms with Gasteiger partial charge in [0, 0.05) is 4.90 Å². The van der Waals surface area contributed by atoms with Crippen LogP contribution in [0.1, 0.15) is 32.6 Å². The molecule has 3 heteroatoms. The lowest BCUT2D eigenvalue weighted by Crippen LogP contribution is -1.79. The van der Waals surface area contributed by atoms with E-state index in [-0.39, 0.29) is 0 Å². The maximum absolute atomic E-state index is 3.55. The average molecular weight is 279 g/mol. The summed E-state index contributed by atoms with van der Waals surface area (Å²) in [5.74, 6) is 1.26. The minimum atomic E-state index is 1.26. The third-order valence-corrected chi connectivity index (χ3v) is 5.06. The maximum atomic E-state index is 3.55. The largest absolute Gasteiger partial charge is 0.136 e. The minimum absolute atomic E-state index is 1.26. The first-order valence-corrected chi connectivity index (χ1v) is 7.36. The quantitative estimate of drug-likeness (QED) is 0.510. The standard InChI is InChI=1S/C10H15BrS2/c1-2-3-4-5-7-12-9-6-8-13-10(9)11/h6,8H,2-5,7H2,1H3. The zero-order valence-electron chi connectivity index (χ0n) is 7.88. The minimum Gasteiger partial charge on any atom is -0.136 e. The molecule has 1 rings (SSSR count). The van der Waals surface area contributed by atoms with E-state index in [9.17, 15) is 0 Å². The average Bonchev–Trinajstić information content (AvgIpc) is 2.52. The summed E-state index contributed by atoms with van der Waals surface area (Å²) < 4.78 is 1.29. The van der Waals surface area contributed by atoms with Crippen molar-refractivity contribution in [3.63, 3.8) is 0 Å². The van der Waals surface area contributed by atoms with E-state index in [1.165, 1.54) is 40.1 Å². The SMILES string of the molecule is CCCCCCSc1ccsc1Br. The summed E-state index contributed by atoms with van der Waals surface area (Å²) in [5, 5.41) is 2.14. The molecule has 0 spiro atoms. The first-order chi connectivity index (χ1) is 6.34. The molecule has 0 saturated carbocycles. The highest BCUT2D eigenvalue weighted by atomic mass is 79.9. The Hall–Kier alpha value is 0.530. The predicted octanol–water partition coefficient (Wildman–Crippen LogP) is 5.18. The molecule has 0 radical (unpaired) electrons. The van der Waals surface area contributed by atoms with Crippen LogP contribution in [0.15, 0.2) is 20.1 Å². The first kappa shape index (κ1) is 11.6. The molecule has 0 N–H and O–H groups in total. The summed E-state index contributed by atoms with van der Waals surface area (Å²) >= 11 is 7.28. The molecule has 0 bridgehead atoms. The fourth-order valence-electron chi connectivity index (χ4n) is 1.09. The summed E-state index contributed by atoms with van der Waals surface area (Å²) in [4.78, 5) is 1.40. The summed E-state index contributed by atoms with van der Waals surface area (Å²) in [5.41, 5.74) is 0. The van der Waals surface area contributed by atoms with Crippen molar-refractivity contribution in [3.8, 4) is 0 Å². The molecule has 1 aromatic heterocycles. The highest BCUT2D eigenvalue weighted by Crippen LogP contribution is 2.32. The molecule has 0 atom stereocenters. The molecule has 0 nitrogen and oxygen atoms in total. The van der Waals surface area contributed by atoms with Gasteiger partial charge in [-0.15, -0.1) is 23.1 Å². The number of thiophene rings is 1. The van der Waals surface area contributed by atoms with Crippen molar-refractivity contribution in [2.75, 3.05) is 5.75 Å². The fourth-order valence-corrected chi connectivity index (χ4v) is 3.66. The van der Waals surface area contributed by atoms with E-state index in [1.807, 2.05) is 11.8 Å². The van der Waals surface area contributed by atoms with Gasteiger partial charge in [-0.1, -0.05) is 26.2 Å². The highest BCUT2D eigenvalue weighted by molar-refractivity contribution is 9.11. The number of hydrogen-bond acceptors (Lipinski definition) is 2. The van der Waals surface area contributed by atoms with Crippen LogP contribution in [0.2, 0.25) is 0 Å². The third-order valence-electron chi connectivity index (χ3n) is 1.84. The lowest BCUT2D eigenvalue weighted by molar-refractivity contribution is 0.706. The predicted molar refractivity (Wildman–Crippen MR) is 66.9 cm³/mol. The van der Waals surface area contributed by atoms with Crippen LogP contribution in [0.3, 0.4) is 0 Å². The van der Waals surface area contributed by atoms with Gasteiger partial charge in [-0.2, -0.15) is 0 Å². The van der Waals surface area contributed by atoms with Gasteiger partial charge in [0.05, 0.1) is 3.79 Å². The molecule has 0 fully saturated rings. The number of hydrogen-bond donors (Lipinski definition) is 0. The van der Waals surface area contributed by atoms with Crippen LogP contribution < -0.4 is 0 Å². The normalized spacial score (nSPS) is 10.6. The second-order valence-electron chi connectivity index (χ2n) is 2.97. The van der Waals surface area contributed by atoms with E-state index in [0.717, 1.165) is 0 Å². The molecule has 0 amide bonds. The molecule has 0 aromatic carbocycles. The summed E-state index contributed by atoms with van der Waals surface area (Å²) in [6.07, 6.45) is 5.43. The first-order valence-electron chi connectivity index (χ1n) is 4.70. The molecule has 0 unspecified atom stereocenters. The van der Waals surface area contributed by atoms with Gasteiger partial charge in [0.2, 0.25) is 0 Å². The Balaban J connectivity index is 2.10. The van der Waals surface area contributed by atoms with Crippen molar-refractivity contribution in [3.05, 3.63) is 15.2 Å². The second-order valence-corrected chi connectivity index (χ2v) is 6.34. The summed E-state index contributed by atoms with van der Waals surface area (Å²) in [6.45, 7) is 2.25. The number of halogens is 1. The molecule has 1 aromatic rings. The van der Waals surface area contributed by atoms with Crippen molar-refractivity contribution in [1.82, 2.24) is 0 Å². The Morgan fingerprint density at radius 2 is 2.23 bits per heavy atom. The van der Waals surface area contributed by atoms with Gasteiger partial charge in [-0.3, -0.25) is 0 Å². The van der Waals surface area contributed by atoms with E-state index in [1.54, 1.807) is 11.3 Å².